The highest BCUT2D eigenvalue weighted by atomic mass is 79.9. The van der Waals surface area contributed by atoms with E-state index in [1.165, 1.54) is 12.1 Å². The van der Waals surface area contributed by atoms with Gasteiger partial charge in [0.2, 0.25) is 0 Å². The number of halogens is 1. The third-order valence-electron chi connectivity index (χ3n) is 4.06. The lowest BCUT2D eigenvalue weighted by Gasteiger charge is -2.32. The van der Waals surface area contributed by atoms with Gasteiger partial charge in [0.15, 0.2) is 0 Å². The number of anilines is 2. The first-order valence-corrected chi connectivity index (χ1v) is 7.65. The fourth-order valence-electron chi connectivity index (χ4n) is 3.01. The first-order valence-electron chi connectivity index (χ1n) is 6.86. The Bertz CT molecular complexity index is 448. The zero-order valence-electron chi connectivity index (χ0n) is 11.0. The Labute approximate surface area is 122 Å². The number of benzene rings is 1. The smallest absolute Gasteiger partial charge is 0.0601 e. The number of hydrogen-bond acceptors (Lipinski definition) is 4. The van der Waals surface area contributed by atoms with Gasteiger partial charge in [0.1, 0.15) is 0 Å². The zero-order chi connectivity index (χ0) is 13.2. The van der Waals surface area contributed by atoms with Gasteiger partial charge in [0.05, 0.1) is 24.6 Å². The summed E-state index contributed by atoms with van der Waals surface area (Å²) in [6, 6.07) is 6.80. The van der Waals surface area contributed by atoms with Crippen molar-refractivity contribution in [3.05, 3.63) is 22.7 Å². The Morgan fingerprint density at radius 2 is 2.00 bits per heavy atom. The van der Waals surface area contributed by atoms with Crippen molar-refractivity contribution in [1.82, 2.24) is 4.90 Å². The fraction of sp³-hybridized carbons (Fsp3) is 0.571. The summed E-state index contributed by atoms with van der Waals surface area (Å²) in [6.45, 7) is 6.04. The van der Waals surface area contributed by atoms with Crippen LogP contribution in [0.5, 0.6) is 0 Å². The summed E-state index contributed by atoms with van der Waals surface area (Å²) in [6.07, 6.45) is 1.22. The van der Waals surface area contributed by atoms with E-state index in [0.717, 1.165) is 49.6 Å². The first-order chi connectivity index (χ1) is 9.24. The quantitative estimate of drug-likeness (QED) is 0.844. The number of hydrogen-bond donors (Lipinski definition) is 1. The maximum atomic E-state index is 6.12. The van der Waals surface area contributed by atoms with Crippen molar-refractivity contribution >= 4 is 27.3 Å². The number of nitrogen functional groups attached to an aromatic ring is 1. The van der Waals surface area contributed by atoms with Crippen LogP contribution in [0, 0.1) is 0 Å². The maximum Gasteiger partial charge on any atom is 0.0601 e. The van der Waals surface area contributed by atoms with Gasteiger partial charge in [-0.2, -0.15) is 0 Å². The second kappa shape index (κ2) is 5.69. The number of nitrogens with two attached hydrogens (primary N) is 1. The van der Waals surface area contributed by atoms with E-state index >= 15 is 0 Å². The summed E-state index contributed by atoms with van der Waals surface area (Å²) >= 11 is 3.46. The summed E-state index contributed by atoms with van der Waals surface area (Å²) in [7, 11) is 0. The fourth-order valence-corrected chi connectivity index (χ4v) is 3.39. The minimum absolute atomic E-state index is 0.645. The van der Waals surface area contributed by atoms with Gasteiger partial charge < -0.3 is 15.4 Å². The van der Waals surface area contributed by atoms with Crippen molar-refractivity contribution < 1.29 is 4.74 Å². The average molecular weight is 326 g/mol. The van der Waals surface area contributed by atoms with Gasteiger partial charge in [-0.3, -0.25) is 4.90 Å². The highest BCUT2D eigenvalue weighted by molar-refractivity contribution is 9.10. The summed E-state index contributed by atoms with van der Waals surface area (Å²) < 4.78 is 6.46. The molecule has 4 nitrogen and oxygen atoms in total. The maximum absolute atomic E-state index is 6.12. The molecule has 19 heavy (non-hydrogen) atoms. The first kappa shape index (κ1) is 13.2. The van der Waals surface area contributed by atoms with E-state index in [0.29, 0.717) is 6.04 Å². The molecule has 1 unspecified atom stereocenters. The lowest BCUT2D eigenvalue weighted by Crippen LogP contribution is -2.44. The zero-order valence-corrected chi connectivity index (χ0v) is 12.6. The predicted octanol–water partition coefficient (Wildman–Crippen LogP) is 1.94. The van der Waals surface area contributed by atoms with Crippen LogP contribution in [0.3, 0.4) is 0 Å². The third-order valence-corrected chi connectivity index (χ3v) is 4.55. The molecule has 5 heteroatoms. The molecule has 1 aromatic rings. The van der Waals surface area contributed by atoms with Crippen LogP contribution in [-0.4, -0.2) is 50.3 Å². The van der Waals surface area contributed by atoms with Gasteiger partial charge in [-0.15, -0.1) is 0 Å². The molecule has 0 spiro atoms. The summed E-state index contributed by atoms with van der Waals surface area (Å²) in [4.78, 5) is 4.96. The van der Waals surface area contributed by atoms with Gasteiger partial charge in [-0.05, 0) is 24.6 Å². The molecule has 3 rings (SSSR count). The van der Waals surface area contributed by atoms with E-state index in [1.807, 2.05) is 6.07 Å². The Morgan fingerprint density at radius 3 is 2.74 bits per heavy atom. The lowest BCUT2D eigenvalue weighted by molar-refractivity contribution is 0.0209. The number of ether oxygens (including phenoxy) is 1. The van der Waals surface area contributed by atoms with E-state index in [4.69, 9.17) is 10.5 Å². The molecule has 104 valence electrons. The average Bonchev–Trinajstić information content (AvgIpc) is 2.89. The third kappa shape index (κ3) is 2.88. The molecule has 1 aromatic carbocycles. The lowest BCUT2D eigenvalue weighted by atomic mass is 10.2. The van der Waals surface area contributed by atoms with Gasteiger partial charge in [0.25, 0.3) is 0 Å². The van der Waals surface area contributed by atoms with Crippen molar-refractivity contribution in [1.29, 1.82) is 0 Å². The number of morpholine rings is 1. The van der Waals surface area contributed by atoms with Crippen molar-refractivity contribution in [3.8, 4) is 0 Å². The van der Waals surface area contributed by atoms with E-state index < -0.39 is 0 Å². The molecule has 2 fully saturated rings. The summed E-state index contributed by atoms with van der Waals surface area (Å²) in [5.74, 6) is 0. The van der Waals surface area contributed by atoms with E-state index in [-0.39, 0.29) is 0 Å². The second-order valence-corrected chi connectivity index (χ2v) is 6.16. The highest BCUT2D eigenvalue weighted by Crippen LogP contribution is 2.30. The van der Waals surface area contributed by atoms with Gasteiger partial charge in [-0.1, -0.05) is 15.9 Å². The standard InChI is InChI=1S/C14H20BrN3O/c15-11-1-2-14(13(16)9-11)18-4-3-12(10-18)17-5-7-19-8-6-17/h1-2,9,12H,3-8,10,16H2. The molecule has 0 bridgehead atoms. The van der Waals surface area contributed by atoms with Crippen LogP contribution in [-0.2, 0) is 4.74 Å². The Balaban J connectivity index is 1.67. The molecule has 0 amide bonds. The molecule has 2 heterocycles. The number of rotatable bonds is 2. The highest BCUT2D eigenvalue weighted by Gasteiger charge is 2.29. The molecule has 2 aliphatic heterocycles. The van der Waals surface area contributed by atoms with Crippen molar-refractivity contribution in [2.24, 2.45) is 0 Å². The van der Waals surface area contributed by atoms with E-state index in [1.54, 1.807) is 0 Å². The van der Waals surface area contributed by atoms with Crippen LogP contribution in [0.15, 0.2) is 22.7 Å². The Kier molecular flexibility index (Phi) is 3.96. The Hall–Kier alpha value is -0.780. The minimum Gasteiger partial charge on any atom is -0.397 e. The number of nitrogens with zero attached hydrogens (tertiary/aromatic N) is 2. The molecule has 1 atom stereocenters. The molecule has 2 saturated heterocycles. The molecular weight excluding hydrogens is 306 g/mol. The molecule has 0 radical (unpaired) electrons. The van der Waals surface area contributed by atoms with Crippen LogP contribution in [0.4, 0.5) is 11.4 Å². The normalized spacial score (nSPS) is 24.9. The van der Waals surface area contributed by atoms with Crippen LogP contribution in [0.1, 0.15) is 6.42 Å². The molecule has 2 aliphatic rings. The molecule has 2 N–H and O–H groups in total. The Morgan fingerprint density at radius 1 is 1.21 bits per heavy atom. The van der Waals surface area contributed by atoms with Crippen LogP contribution < -0.4 is 10.6 Å². The van der Waals surface area contributed by atoms with Crippen LogP contribution >= 0.6 is 15.9 Å². The van der Waals surface area contributed by atoms with Gasteiger partial charge in [0, 0.05) is 36.7 Å². The monoisotopic (exact) mass is 325 g/mol. The summed E-state index contributed by atoms with van der Waals surface area (Å²) in [5.41, 5.74) is 8.14. The van der Waals surface area contributed by atoms with Crippen molar-refractivity contribution in [2.75, 3.05) is 50.0 Å². The van der Waals surface area contributed by atoms with Gasteiger partial charge >= 0.3 is 0 Å². The van der Waals surface area contributed by atoms with Gasteiger partial charge in [-0.25, -0.2) is 0 Å². The van der Waals surface area contributed by atoms with E-state index in [9.17, 15) is 0 Å². The molecular formula is C14H20BrN3O. The predicted molar refractivity (Wildman–Crippen MR) is 81.6 cm³/mol. The van der Waals surface area contributed by atoms with Crippen molar-refractivity contribution in [3.63, 3.8) is 0 Å². The van der Waals surface area contributed by atoms with Crippen LogP contribution in [0.25, 0.3) is 0 Å². The largest absolute Gasteiger partial charge is 0.397 e. The second-order valence-electron chi connectivity index (χ2n) is 5.24. The SMILES string of the molecule is Nc1cc(Br)ccc1N1CCC(N2CCOCC2)C1. The van der Waals surface area contributed by atoms with E-state index in [2.05, 4.69) is 37.9 Å². The minimum atomic E-state index is 0.645. The van der Waals surface area contributed by atoms with Crippen LogP contribution in [0.2, 0.25) is 0 Å². The van der Waals surface area contributed by atoms with Crippen molar-refractivity contribution in [2.45, 2.75) is 12.5 Å². The summed E-state index contributed by atoms with van der Waals surface area (Å²) in [5, 5.41) is 0. The topological polar surface area (TPSA) is 41.7 Å². The molecule has 0 saturated carbocycles. The molecule has 0 aliphatic carbocycles. The molecule has 0 aromatic heterocycles.